The molecule has 0 aromatic heterocycles. The Morgan fingerprint density at radius 2 is 2.00 bits per heavy atom. The first-order valence-corrected chi connectivity index (χ1v) is 5.90. The van der Waals surface area contributed by atoms with Gasteiger partial charge < -0.3 is 9.84 Å². The normalized spacial score (nSPS) is 16.0. The molecule has 17 heavy (non-hydrogen) atoms. The Balaban J connectivity index is 2.51. The Labute approximate surface area is 102 Å². The lowest BCUT2D eigenvalue weighted by molar-refractivity contribution is -0.158. The van der Waals surface area contributed by atoms with Crippen LogP contribution in [-0.2, 0) is 16.1 Å². The van der Waals surface area contributed by atoms with E-state index >= 15 is 0 Å². The van der Waals surface area contributed by atoms with Gasteiger partial charge in [0.1, 0.15) is 6.61 Å². The summed E-state index contributed by atoms with van der Waals surface area (Å²) in [6, 6.07) is 9.51. The van der Waals surface area contributed by atoms with E-state index in [9.17, 15) is 9.90 Å². The van der Waals surface area contributed by atoms with Crippen molar-refractivity contribution in [3.05, 3.63) is 35.9 Å². The number of esters is 1. The smallest absolute Gasteiger partial charge is 0.311 e. The second kappa shape index (κ2) is 5.82. The lowest BCUT2D eigenvalue weighted by atomic mass is 9.88. The number of hydrogen-bond donors (Lipinski definition) is 1. The molecule has 0 saturated carbocycles. The fourth-order valence-electron chi connectivity index (χ4n) is 1.41. The molecular formula is C14H20O3. The molecule has 3 heteroatoms. The molecule has 3 nitrogen and oxygen atoms in total. The van der Waals surface area contributed by atoms with Crippen LogP contribution in [0, 0.1) is 5.92 Å². The van der Waals surface area contributed by atoms with E-state index in [0.29, 0.717) is 6.42 Å². The molecule has 1 aromatic carbocycles. The summed E-state index contributed by atoms with van der Waals surface area (Å²) >= 11 is 0. The van der Waals surface area contributed by atoms with Crippen molar-refractivity contribution >= 4 is 5.97 Å². The summed E-state index contributed by atoms with van der Waals surface area (Å²) in [5.74, 6) is -0.878. The van der Waals surface area contributed by atoms with E-state index in [1.807, 2.05) is 37.3 Å². The van der Waals surface area contributed by atoms with E-state index in [1.54, 1.807) is 13.8 Å². The summed E-state index contributed by atoms with van der Waals surface area (Å²) in [6.07, 6.45) is 0.522. The van der Waals surface area contributed by atoms with Crippen LogP contribution in [0.25, 0.3) is 0 Å². The molecule has 0 aliphatic heterocycles. The van der Waals surface area contributed by atoms with E-state index in [-0.39, 0.29) is 12.6 Å². The maximum absolute atomic E-state index is 11.7. The summed E-state index contributed by atoms with van der Waals surface area (Å²) in [4.78, 5) is 11.7. The molecule has 0 fully saturated rings. The molecule has 1 rings (SSSR count). The van der Waals surface area contributed by atoms with Gasteiger partial charge in [0.2, 0.25) is 0 Å². The average molecular weight is 236 g/mol. The Kier molecular flexibility index (Phi) is 4.70. The first-order valence-electron chi connectivity index (χ1n) is 5.90. The number of aliphatic hydroxyl groups is 1. The second-order valence-corrected chi connectivity index (χ2v) is 4.53. The number of hydrogen-bond acceptors (Lipinski definition) is 3. The van der Waals surface area contributed by atoms with Gasteiger partial charge in [0.05, 0.1) is 11.5 Å². The molecule has 0 amide bonds. The Morgan fingerprint density at radius 3 is 2.53 bits per heavy atom. The number of carbonyl (C=O) groups is 1. The third kappa shape index (κ3) is 3.86. The van der Waals surface area contributed by atoms with Crippen LogP contribution in [0.2, 0.25) is 0 Å². The zero-order chi connectivity index (χ0) is 12.9. The van der Waals surface area contributed by atoms with Gasteiger partial charge in [-0.15, -0.1) is 0 Å². The molecule has 0 radical (unpaired) electrons. The van der Waals surface area contributed by atoms with Crippen LogP contribution < -0.4 is 0 Å². The predicted molar refractivity (Wildman–Crippen MR) is 66.3 cm³/mol. The molecule has 0 spiro atoms. The maximum Gasteiger partial charge on any atom is 0.311 e. The minimum absolute atomic E-state index is 0.254. The fraction of sp³-hybridized carbons (Fsp3) is 0.500. The molecule has 1 aromatic rings. The van der Waals surface area contributed by atoms with Crippen LogP contribution in [0.4, 0.5) is 0 Å². The van der Waals surface area contributed by atoms with Crippen LogP contribution in [0.5, 0.6) is 0 Å². The van der Waals surface area contributed by atoms with Gasteiger partial charge >= 0.3 is 5.97 Å². The summed E-state index contributed by atoms with van der Waals surface area (Å²) in [7, 11) is 0. The van der Waals surface area contributed by atoms with Crippen molar-refractivity contribution in [3.8, 4) is 0 Å². The lowest BCUT2D eigenvalue weighted by Crippen LogP contribution is -2.38. The van der Waals surface area contributed by atoms with Crippen LogP contribution in [0.15, 0.2) is 30.3 Å². The van der Waals surface area contributed by atoms with Crippen molar-refractivity contribution in [3.63, 3.8) is 0 Å². The zero-order valence-corrected chi connectivity index (χ0v) is 10.6. The molecule has 2 atom stereocenters. The van der Waals surface area contributed by atoms with Crippen molar-refractivity contribution in [2.75, 3.05) is 0 Å². The molecule has 1 unspecified atom stereocenters. The zero-order valence-electron chi connectivity index (χ0n) is 10.6. The SMILES string of the molecule is CCC(C)(O)[C@@H](C)C(=O)OCc1ccccc1. The molecule has 0 bridgehead atoms. The number of rotatable bonds is 5. The Bertz CT molecular complexity index is 357. The second-order valence-electron chi connectivity index (χ2n) is 4.53. The van der Waals surface area contributed by atoms with Crippen molar-refractivity contribution < 1.29 is 14.6 Å². The van der Waals surface area contributed by atoms with Crippen LogP contribution in [0.1, 0.15) is 32.8 Å². The number of benzene rings is 1. The largest absolute Gasteiger partial charge is 0.461 e. The fourth-order valence-corrected chi connectivity index (χ4v) is 1.41. The average Bonchev–Trinajstić information content (AvgIpc) is 2.36. The van der Waals surface area contributed by atoms with Gasteiger partial charge in [-0.3, -0.25) is 4.79 Å². The van der Waals surface area contributed by atoms with E-state index in [1.165, 1.54) is 0 Å². The highest BCUT2D eigenvalue weighted by atomic mass is 16.5. The maximum atomic E-state index is 11.7. The van der Waals surface area contributed by atoms with E-state index in [2.05, 4.69) is 0 Å². The molecule has 0 saturated heterocycles. The molecule has 0 aliphatic carbocycles. The summed E-state index contributed by atoms with van der Waals surface area (Å²) in [5.41, 5.74) is -0.0579. The van der Waals surface area contributed by atoms with Crippen molar-refractivity contribution in [2.24, 2.45) is 5.92 Å². The first kappa shape index (κ1) is 13.7. The van der Waals surface area contributed by atoms with E-state index in [4.69, 9.17) is 4.74 Å². The van der Waals surface area contributed by atoms with Gasteiger partial charge in [0.25, 0.3) is 0 Å². The van der Waals surface area contributed by atoms with Gasteiger partial charge in [-0.25, -0.2) is 0 Å². The quantitative estimate of drug-likeness (QED) is 0.799. The summed E-state index contributed by atoms with van der Waals surface area (Å²) in [6.45, 7) is 5.45. The van der Waals surface area contributed by atoms with Crippen LogP contribution in [0.3, 0.4) is 0 Å². The topological polar surface area (TPSA) is 46.5 Å². The number of carbonyl (C=O) groups excluding carboxylic acids is 1. The molecule has 94 valence electrons. The molecule has 0 heterocycles. The highest BCUT2D eigenvalue weighted by molar-refractivity contribution is 5.73. The van der Waals surface area contributed by atoms with Gasteiger partial charge in [-0.2, -0.15) is 0 Å². The monoisotopic (exact) mass is 236 g/mol. The van der Waals surface area contributed by atoms with Gasteiger partial charge in [0.15, 0.2) is 0 Å². The first-order chi connectivity index (χ1) is 7.97. The van der Waals surface area contributed by atoms with Crippen LogP contribution >= 0.6 is 0 Å². The van der Waals surface area contributed by atoms with Crippen LogP contribution in [-0.4, -0.2) is 16.7 Å². The van der Waals surface area contributed by atoms with E-state index < -0.39 is 11.5 Å². The predicted octanol–water partition coefficient (Wildman–Crippen LogP) is 2.53. The lowest BCUT2D eigenvalue weighted by Gasteiger charge is -2.27. The minimum Gasteiger partial charge on any atom is -0.461 e. The minimum atomic E-state index is -1.01. The number of ether oxygens (including phenoxy) is 1. The standard InChI is InChI=1S/C14H20O3/c1-4-14(3,16)11(2)13(15)17-10-12-8-6-5-7-9-12/h5-9,11,16H,4,10H2,1-3H3/t11-,14?/m0/s1. The Hall–Kier alpha value is -1.35. The van der Waals surface area contributed by atoms with Gasteiger partial charge in [0, 0.05) is 0 Å². The van der Waals surface area contributed by atoms with Crippen molar-refractivity contribution in [1.29, 1.82) is 0 Å². The Morgan fingerprint density at radius 1 is 1.41 bits per heavy atom. The highest BCUT2D eigenvalue weighted by Gasteiger charge is 2.33. The highest BCUT2D eigenvalue weighted by Crippen LogP contribution is 2.22. The summed E-state index contributed by atoms with van der Waals surface area (Å²) in [5, 5.41) is 9.96. The third-order valence-electron chi connectivity index (χ3n) is 3.23. The summed E-state index contributed by atoms with van der Waals surface area (Å²) < 4.78 is 5.18. The van der Waals surface area contributed by atoms with Gasteiger partial charge in [-0.05, 0) is 25.8 Å². The van der Waals surface area contributed by atoms with Crippen molar-refractivity contribution in [1.82, 2.24) is 0 Å². The van der Waals surface area contributed by atoms with E-state index in [0.717, 1.165) is 5.56 Å². The molecular weight excluding hydrogens is 216 g/mol. The molecule has 0 aliphatic rings. The molecule has 1 N–H and O–H groups in total. The van der Waals surface area contributed by atoms with Gasteiger partial charge in [-0.1, -0.05) is 37.3 Å². The van der Waals surface area contributed by atoms with Crippen molar-refractivity contribution in [2.45, 2.75) is 39.4 Å². The third-order valence-corrected chi connectivity index (χ3v) is 3.23.